The summed E-state index contributed by atoms with van der Waals surface area (Å²) in [7, 11) is 0. The molecule has 2 rings (SSSR count). The number of phenols is 1. The second kappa shape index (κ2) is 3.78. The van der Waals surface area contributed by atoms with Crippen LogP contribution >= 0.6 is 0 Å². The molecule has 1 aromatic heterocycles. The minimum Gasteiger partial charge on any atom is -0.505 e. The van der Waals surface area contributed by atoms with Gasteiger partial charge in [0.2, 0.25) is 0 Å². The number of rotatable bonds is 1. The predicted octanol–water partition coefficient (Wildman–Crippen LogP) is 3.43. The first kappa shape index (κ1) is 10.9. The van der Waals surface area contributed by atoms with Crippen molar-refractivity contribution in [2.45, 2.75) is 34.1 Å². The van der Waals surface area contributed by atoms with Gasteiger partial charge in [-0.3, -0.25) is 0 Å². The third-order valence-electron chi connectivity index (χ3n) is 3.15. The molecule has 0 aliphatic rings. The number of pyridine rings is 1. The van der Waals surface area contributed by atoms with Gasteiger partial charge in [0.25, 0.3) is 0 Å². The van der Waals surface area contributed by atoms with Crippen molar-refractivity contribution in [1.82, 2.24) is 4.98 Å². The molecule has 1 aromatic carbocycles. The molecular weight excluding hydrogens is 198 g/mol. The zero-order valence-electron chi connectivity index (χ0n) is 10.3. The molecule has 0 atom stereocenters. The number of hydrogen-bond acceptors (Lipinski definition) is 2. The van der Waals surface area contributed by atoms with Gasteiger partial charge in [0, 0.05) is 11.1 Å². The summed E-state index contributed by atoms with van der Waals surface area (Å²) in [6, 6.07) is 4.15. The Morgan fingerprint density at radius 2 is 1.81 bits per heavy atom. The van der Waals surface area contributed by atoms with Crippen molar-refractivity contribution in [3.05, 3.63) is 34.5 Å². The molecule has 0 aliphatic heterocycles. The van der Waals surface area contributed by atoms with Crippen LogP contribution in [-0.2, 0) is 6.42 Å². The SMILES string of the molecule is CCc1cc2c(C)cc(C)c(O)c2nc1C. The average molecular weight is 215 g/mol. The van der Waals surface area contributed by atoms with Crippen molar-refractivity contribution in [1.29, 1.82) is 0 Å². The van der Waals surface area contributed by atoms with E-state index in [0.29, 0.717) is 5.75 Å². The fraction of sp³-hybridized carbons (Fsp3) is 0.357. The van der Waals surface area contributed by atoms with Crippen molar-refractivity contribution >= 4 is 10.9 Å². The van der Waals surface area contributed by atoms with Gasteiger partial charge in [-0.15, -0.1) is 0 Å². The standard InChI is InChI=1S/C14H17NO/c1-5-11-7-12-8(2)6-9(3)14(16)13(12)15-10(11)4/h6-7,16H,5H2,1-4H3. The summed E-state index contributed by atoms with van der Waals surface area (Å²) in [5.74, 6) is 0.311. The molecule has 1 N–H and O–H groups in total. The molecule has 0 bridgehead atoms. The highest BCUT2D eigenvalue weighted by Gasteiger charge is 2.10. The van der Waals surface area contributed by atoms with Gasteiger partial charge in [0.05, 0.1) is 0 Å². The fourth-order valence-electron chi connectivity index (χ4n) is 2.14. The molecule has 2 aromatic rings. The molecule has 0 fully saturated rings. The first-order valence-electron chi connectivity index (χ1n) is 5.64. The Bertz CT molecular complexity index is 558. The number of benzene rings is 1. The van der Waals surface area contributed by atoms with Gasteiger partial charge in [0.15, 0.2) is 0 Å². The number of hydrogen-bond donors (Lipinski definition) is 1. The molecule has 0 aliphatic carbocycles. The van der Waals surface area contributed by atoms with E-state index in [-0.39, 0.29) is 0 Å². The van der Waals surface area contributed by atoms with Crippen LogP contribution in [0.15, 0.2) is 12.1 Å². The highest BCUT2D eigenvalue weighted by molar-refractivity contribution is 5.89. The van der Waals surface area contributed by atoms with Crippen LogP contribution in [0.4, 0.5) is 0 Å². The summed E-state index contributed by atoms with van der Waals surface area (Å²) in [5, 5.41) is 11.1. The van der Waals surface area contributed by atoms with Crippen LogP contribution in [0.2, 0.25) is 0 Å². The first-order chi connectivity index (χ1) is 7.54. The molecule has 0 saturated carbocycles. The molecule has 2 nitrogen and oxygen atoms in total. The lowest BCUT2D eigenvalue weighted by molar-refractivity contribution is 0.476. The van der Waals surface area contributed by atoms with Crippen LogP contribution in [0.1, 0.15) is 29.3 Å². The van der Waals surface area contributed by atoms with E-state index in [9.17, 15) is 5.11 Å². The topological polar surface area (TPSA) is 33.1 Å². The molecule has 1 heterocycles. The Kier molecular flexibility index (Phi) is 2.58. The number of nitrogens with zero attached hydrogens (tertiary/aromatic N) is 1. The van der Waals surface area contributed by atoms with Crippen molar-refractivity contribution in [3.63, 3.8) is 0 Å². The number of aromatic hydroxyl groups is 1. The summed E-state index contributed by atoms with van der Waals surface area (Å²) >= 11 is 0. The molecule has 0 spiro atoms. The maximum Gasteiger partial charge on any atom is 0.144 e. The second-order valence-electron chi connectivity index (χ2n) is 4.34. The number of aryl methyl sites for hydroxylation is 4. The Morgan fingerprint density at radius 3 is 2.44 bits per heavy atom. The van der Waals surface area contributed by atoms with Crippen LogP contribution in [0, 0.1) is 20.8 Å². The Hall–Kier alpha value is -1.57. The molecule has 0 radical (unpaired) electrons. The van der Waals surface area contributed by atoms with E-state index < -0.39 is 0 Å². The van der Waals surface area contributed by atoms with Gasteiger partial charge < -0.3 is 5.11 Å². The van der Waals surface area contributed by atoms with Crippen molar-refractivity contribution in [2.75, 3.05) is 0 Å². The van der Waals surface area contributed by atoms with Crippen LogP contribution in [0.5, 0.6) is 5.75 Å². The van der Waals surface area contributed by atoms with Crippen LogP contribution in [-0.4, -0.2) is 10.1 Å². The fourth-order valence-corrected chi connectivity index (χ4v) is 2.14. The lowest BCUT2D eigenvalue weighted by Crippen LogP contribution is -1.95. The summed E-state index contributed by atoms with van der Waals surface area (Å²) in [6.45, 7) is 8.09. The Morgan fingerprint density at radius 1 is 1.12 bits per heavy atom. The highest BCUT2D eigenvalue weighted by Crippen LogP contribution is 2.30. The molecule has 0 unspecified atom stereocenters. The molecule has 0 amide bonds. The van der Waals surface area contributed by atoms with E-state index in [1.807, 2.05) is 19.9 Å². The van der Waals surface area contributed by atoms with E-state index in [1.165, 1.54) is 11.1 Å². The number of aromatic nitrogens is 1. The van der Waals surface area contributed by atoms with Crippen molar-refractivity contribution < 1.29 is 5.11 Å². The van der Waals surface area contributed by atoms with E-state index in [1.54, 1.807) is 0 Å². The summed E-state index contributed by atoms with van der Waals surface area (Å²) in [6.07, 6.45) is 0.975. The Labute approximate surface area is 96.0 Å². The van der Waals surface area contributed by atoms with Gasteiger partial charge in [-0.25, -0.2) is 4.98 Å². The van der Waals surface area contributed by atoms with E-state index >= 15 is 0 Å². The normalized spacial score (nSPS) is 11.0. The lowest BCUT2D eigenvalue weighted by Gasteiger charge is -2.10. The molecule has 2 heteroatoms. The molecular formula is C14H17NO. The zero-order valence-corrected chi connectivity index (χ0v) is 10.3. The summed E-state index contributed by atoms with van der Waals surface area (Å²) in [4.78, 5) is 4.52. The van der Waals surface area contributed by atoms with Crippen LogP contribution < -0.4 is 0 Å². The van der Waals surface area contributed by atoms with Gasteiger partial charge in [-0.05, 0) is 49.9 Å². The molecule has 0 saturated heterocycles. The first-order valence-corrected chi connectivity index (χ1v) is 5.64. The van der Waals surface area contributed by atoms with Gasteiger partial charge in [-0.2, -0.15) is 0 Å². The summed E-state index contributed by atoms with van der Waals surface area (Å²) in [5.41, 5.74) is 5.05. The third kappa shape index (κ3) is 1.54. The van der Waals surface area contributed by atoms with E-state index in [2.05, 4.69) is 24.9 Å². The Balaban J connectivity index is 2.90. The second-order valence-corrected chi connectivity index (χ2v) is 4.34. The van der Waals surface area contributed by atoms with Gasteiger partial charge >= 0.3 is 0 Å². The molecule has 16 heavy (non-hydrogen) atoms. The smallest absolute Gasteiger partial charge is 0.144 e. The minimum atomic E-state index is 0.311. The monoisotopic (exact) mass is 215 g/mol. The van der Waals surface area contributed by atoms with E-state index in [4.69, 9.17) is 0 Å². The van der Waals surface area contributed by atoms with Crippen molar-refractivity contribution in [3.8, 4) is 5.75 Å². The van der Waals surface area contributed by atoms with Crippen molar-refractivity contribution in [2.24, 2.45) is 0 Å². The van der Waals surface area contributed by atoms with Gasteiger partial charge in [0.1, 0.15) is 11.3 Å². The van der Waals surface area contributed by atoms with E-state index in [0.717, 1.165) is 28.6 Å². The minimum absolute atomic E-state index is 0.311. The maximum atomic E-state index is 10.0. The quantitative estimate of drug-likeness (QED) is 0.790. The number of phenolic OH excluding ortho intramolecular Hbond substituents is 1. The number of fused-ring (bicyclic) bond motifs is 1. The summed E-state index contributed by atoms with van der Waals surface area (Å²) < 4.78 is 0. The van der Waals surface area contributed by atoms with Gasteiger partial charge in [-0.1, -0.05) is 13.0 Å². The molecule has 84 valence electrons. The third-order valence-corrected chi connectivity index (χ3v) is 3.15. The maximum absolute atomic E-state index is 10.0. The largest absolute Gasteiger partial charge is 0.505 e. The predicted molar refractivity (Wildman–Crippen MR) is 67.0 cm³/mol. The highest BCUT2D eigenvalue weighted by atomic mass is 16.3. The van der Waals surface area contributed by atoms with Crippen LogP contribution in [0.3, 0.4) is 0 Å². The van der Waals surface area contributed by atoms with Crippen LogP contribution in [0.25, 0.3) is 10.9 Å². The lowest BCUT2D eigenvalue weighted by atomic mass is 10.0. The average Bonchev–Trinajstić information content (AvgIpc) is 2.25. The zero-order chi connectivity index (χ0) is 11.9.